The molecule has 132 valence electrons. The van der Waals surface area contributed by atoms with Gasteiger partial charge in [0.1, 0.15) is 5.82 Å². The maximum atomic E-state index is 14.7. The topological polar surface area (TPSA) is 29.5 Å². The number of halogens is 3. The highest BCUT2D eigenvalue weighted by Crippen LogP contribution is 2.51. The van der Waals surface area contributed by atoms with E-state index in [9.17, 15) is 9.18 Å². The van der Waals surface area contributed by atoms with Gasteiger partial charge in [0.2, 0.25) is 5.60 Å². The molecular weight excluding hydrogens is 364 g/mol. The van der Waals surface area contributed by atoms with Crippen LogP contribution in [0.5, 0.6) is 0 Å². The average molecular weight is 382 g/mol. The maximum absolute atomic E-state index is 14.7. The van der Waals surface area contributed by atoms with Crippen molar-refractivity contribution in [2.75, 3.05) is 18.1 Å². The molecule has 0 radical (unpaired) electrons. The predicted octanol–water partition coefficient (Wildman–Crippen LogP) is 5.17. The first-order valence-electron chi connectivity index (χ1n) is 8.17. The van der Waals surface area contributed by atoms with E-state index in [1.165, 1.54) is 6.07 Å². The minimum absolute atomic E-state index is 0.158. The number of carbonyl (C=O) groups excluding carboxylic acids is 1. The van der Waals surface area contributed by atoms with Crippen molar-refractivity contribution in [2.45, 2.75) is 25.9 Å². The van der Waals surface area contributed by atoms with Crippen LogP contribution >= 0.6 is 23.2 Å². The van der Waals surface area contributed by atoms with Crippen LogP contribution < -0.4 is 4.90 Å². The lowest BCUT2D eigenvalue weighted by Gasteiger charge is -2.30. The van der Waals surface area contributed by atoms with Gasteiger partial charge in [0.25, 0.3) is 5.91 Å². The smallest absolute Gasteiger partial charge is 0.268 e. The highest BCUT2D eigenvalue weighted by molar-refractivity contribution is 6.37. The monoisotopic (exact) mass is 381 g/mol. The molecule has 0 aromatic heterocycles. The van der Waals surface area contributed by atoms with E-state index in [0.717, 1.165) is 6.42 Å². The lowest BCUT2D eigenvalue weighted by Crippen LogP contribution is -2.44. The molecule has 3 nitrogen and oxygen atoms in total. The number of amides is 1. The first-order valence-corrected chi connectivity index (χ1v) is 8.93. The lowest BCUT2D eigenvalue weighted by molar-refractivity contribution is -0.138. The lowest BCUT2D eigenvalue weighted by atomic mass is 9.86. The van der Waals surface area contributed by atoms with Crippen LogP contribution in [0.25, 0.3) is 0 Å². The molecule has 1 aliphatic heterocycles. The quantitative estimate of drug-likeness (QED) is 0.714. The molecular formula is C19H18Cl2FNO2. The van der Waals surface area contributed by atoms with Crippen molar-refractivity contribution in [1.82, 2.24) is 0 Å². The number of nitrogens with zero attached hydrogens (tertiary/aromatic N) is 1. The largest absolute Gasteiger partial charge is 0.356 e. The summed E-state index contributed by atoms with van der Waals surface area (Å²) in [4.78, 5) is 15.0. The summed E-state index contributed by atoms with van der Waals surface area (Å²) < 4.78 is 20.6. The number of benzene rings is 2. The van der Waals surface area contributed by atoms with Gasteiger partial charge in [-0.3, -0.25) is 4.79 Å². The predicted molar refractivity (Wildman–Crippen MR) is 97.9 cm³/mol. The molecule has 6 heteroatoms. The fourth-order valence-electron chi connectivity index (χ4n) is 3.40. The van der Waals surface area contributed by atoms with E-state index in [-0.39, 0.29) is 23.1 Å². The zero-order valence-corrected chi connectivity index (χ0v) is 15.5. The Morgan fingerprint density at radius 2 is 1.92 bits per heavy atom. The van der Waals surface area contributed by atoms with E-state index in [1.54, 1.807) is 42.2 Å². The van der Waals surface area contributed by atoms with E-state index in [4.69, 9.17) is 27.9 Å². The normalized spacial score (nSPS) is 19.4. The van der Waals surface area contributed by atoms with Crippen molar-refractivity contribution < 1.29 is 13.9 Å². The van der Waals surface area contributed by atoms with E-state index >= 15 is 0 Å². The van der Waals surface area contributed by atoms with Crippen LogP contribution in [0.1, 0.15) is 31.4 Å². The van der Waals surface area contributed by atoms with E-state index in [0.29, 0.717) is 22.8 Å². The first-order chi connectivity index (χ1) is 12.0. The third kappa shape index (κ3) is 2.73. The van der Waals surface area contributed by atoms with Crippen molar-refractivity contribution in [1.29, 1.82) is 0 Å². The molecule has 0 saturated heterocycles. The van der Waals surface area contributed by atoms with Gasteiger partial charge in [0.05, 0.1) is 10.7 Å². The fourth-order valence-corrected chi connectivity index (χ4v) is 4.01. The number of anilines is 1. The van der Waals surface area contributed by atoms with Gasteiger partial charge in [-0.15, -0.1) is 0 Å². The Hall–Kier alpha value is -1.62. The van der Waals surface area contributed by atoms with E-state index < -0.39 is 11.4 Å². The second kappa shape index (κ2) is 6.94. The Morgan fingerprint density at radius 3 is 2.56 bits per heavy atom. The molecule has 2 aromatic rings. The number of hydrogen-bond acceptors (Lipinski definition) is 2. The van der Waals surface area contributed by atoms with Gasteiger partial charge in [-0.05, 0) is 31.5 Å². The second-order valence-corrected chi connectivity index (χ2v) is 6.68. The molecule has 0 aliphatic carbocycles. The molecule has 0 bridgehead atoms. The van der Waals surface area contributed by atoms with Crippen LogP contribution in [0.2, 0.25) is 10.0 Å². The molecule has 3 rings (SSSR count). The number of carbonyl (C=O) groups is 1. The molecule has 0 fully saturated rings. The van der Waals surface area contributed by atoms with E-state index in [1.807, 2.05) is 6.92 Å². The molecule has 1 aliphatic rings. The summed E-state index contributed by atoms with van der Waals surface area (Å²) in [5.41, 5.74) is -0.428. The summed E-state index contributed by atoms with van der Waals surface area (Å²) in [6, 6.07) is 9.37. The maximum Gasteiger partial charge on any atom is 0.268 e. The van der Waals surface area contributed by atoms with Gasteiger partial charge in [-0.25, -0.2) is 4.39 Å². The molecule has 1 atom stereocenters. The highest BCUT2D eigenvalue weighted by atomic mass is 35.5. The molecule has 25 heavy (non-hydrogen) atoms. The Morgan fingerprint density at radius 1 is 1.20 bits per heavy atom. The third-order valence-electron chi connectivity index (χ3n) is 4.28. The second-order valence-electron chi connectivity index (χ2n) is 5.83. The van der Waals surface area contributed by atoms with Crippen LogP contribution in [0.15, 0.2) is 36.4 Å². The van der Waals surface area contributed by atoms with Crippen molar-refractivity contribution in [2.24, 2.45) is 0 Å². The molecule has 2 aromatic carbocycles. The molecule has 1 amide bonds. The summed E-state index contributed by atoms with van der Waals surface area (Å²) in [7, 11) is 0. The first kappa shape index (κ1) is 18.2. The van der Waals surface area contributed by atoms with E-state index in [2.05, 4.69) is 0 Å². The van der Waals surface area contributed by atoms with Gasteiger partial charge >= 0.3 is 0 Å². The Kier molecular flexibility index (Phi) is 5.05. The van der Waals surface area contributed by atoms with Gasteiger partial charge in [-0.1, -0.05) is 48.3 Å². The van der Waals surface area contributed by atoms with Crippen molar-refractivity contribution >= 4 is 34.8 Å². The number of ether oxygens (including phenoxy) is 1. The van der Waals surface area contributed by atoms with Crippen molar-refractivity contribution in [3.05, 3.63) is 63.4 Å². The summed E-state index contributed by atoms with van der Waals surface area (Å²) in [6.45, 7) is 4.41. The number of rotatable bonds is 5. The van der Waals surface area contributed by atoms with Gasteiger partial charge in [-0.2, -0.15) is 0 Å². The summed E-state index contributed by atoms with van der Waals surface area (Å²) in [6.07, 6.45) is 0.731. The minimum Gasteiger partial charge on any atom is -0.356 e. The van der Waals surface area contributed by atoms with Crippen molar-refractivity contribution in [3.63, 3.8) is 0 Å². The van der Waals surface area contributed by atoms with Crippen molar-refractivity contribution in [3.8, 4) is 0 Å². The molecule has 0 N–H and O–H groups in total. The molecule has 1 heterocycles. The molecule has 1 unspecified atom stereocenters. The zero-order chi connectivity index (χ0) is 18.2. The van der Waals surface area contributed by atoms with Crippen LogP contribution in [0.3, 0.4) is 0 Å². The Balaban J connectivity index is 2.37. The summed E-state index contributed by atoms with van der Waals surface area (Å²) in [5.74, 6) is -0.861. The van der Waals surface area contributed by atoms with Gasteiger partial charge < -0.3 is 9.64 Å². The number of hydrogen-bond donors (Lipinski definition) is 0. The average Bonchev–Trinajstić information content (AvgIpc) is 2.79. The van der Waals surface area contributed by atoms with Gasteiger partial charge in [0.15, 0.2) is 0 Å². The Labute approximate surface area is 156 Å². The standard InChI is InChI=1S/C19H18Cl2FNO2/c1-3-9-23-16-11-12(20)10-14(21)17(16)19(18(23)24,25-4-2)13-7-5-6-8-15(13)22/h5-8,10-11H,3-4,9H2,1-2H3. The van der Waals surface area contributed by atoms with Crippen LogP contribution in [0.4, 0.5) is 10.1 Å². The molecule has 0 spiro atoms. The minimum atomic E-state index is -1.60. The summed E-state index contributed by atoms with van der Waals surface area (Å²) in [5, 5.41) is 0.699. The Bertz CT molecular complexity index is 827. The van der Waals surface area contributed by atoms with Crippen LogP contribution in [-0.4, -0.2) is 19.1 Å². The SMILES string of the molecule is CCCN1C(=O)C(OCC)(c2ccccc2F)c2c(Cl)cc(Cl)cc21. The summed E-state index contributed by atoms with van der Waals surface area (Å²) >= 11 is 12.6. The van der Waals surface area contributed by atoms with Crippen LogP contribution in [-0.2, 0) is 15.1 Å². The van der Waals surface area contributed by atoms with Crippen LogP contribution in [0, 0.1) is 5.82 Å². The zero-order valence-electron chi connectivity index (χ0n) is 14.0. The van der Waals surface area contributed by atoms with Gasteiger partial charge in [0, 0.05) is 29.3 Å². The number of fused-ring (bicyclic) bond motifs is 1. The highest BCUT2D eigenvalue weighted by Gasteiger charge is 2.55. The fraction of sp³-hybridized carbons (Fsp3) is 0.316. The third-order valence-corrected chi connectivity index (χ3v) is 4.80. The molecule has 0 saturated carbocycles.